The van der Waals surface area contributed by atoms with E-state index >= 15 is 0 Å². The molecule has 4 nitrogen and oxygen atoms in total. The number of carboxylic acids is 1. The fourth-order valence-electron chi connectivity index (χ4n) is 1.74. The minimum absolute atomic E-state index is 0.0933. The van der Waals surface area contributed by atoms with Crippen LogP contribution in [0.5, 0.6) is 0 Å². The minimum Gasteiger partial charge on any atom is -0.480 e. The molecule has 16 heavy (non-hydrogen) atoms. The molecule has 0 heterocycles. The maximum Gasteiger partial charge on any atom is 0.326 e. The molecular weight excluding hydrogens is 206 g/mol. The van der Waals surface area contributed by atoms with Gasteiger partial charge in [-0.1, -0.05) is 32.9 Å². The molecule has 0 unspecified atom stereocenters. The molecule has 0 bridgehead atoms. The lowest BCUT2D eigenvalue weighted by atomic mass is 9.86. The molecule has 1 aliphatic rings. The van der Waals surface area contributed by atoms with E-state index in [1.807, 2.05) is 12.2 Å². The van der Waals surface area contributed by atoms with Gasteiger partial charge in [0.2, 0.25) is 5.91 Å². The van der Waals surface area contributed by atoms with Crippen molar-refractivity contribution < 1.29 is 14.7 Å². The Morgan fingerprint density at radius 1 is 1.31 bits per heavy atom. The zero-order valence-corrected chi connectivity index (χ0v) is 9.99. The van der Waals surface area contributed by atoms with Crippen molar-refractivity contribution in [2.24, 2.45) is 11.3 Å². The van der Waals surface area contributed by atoms with E-state index in [2.05, 4.69) is 5.32 Å². The van der Waals surface area contributed by atoms with E-state index in [4.69, 9.17) is 5.11 Å². The summed E-state index contributed by atoms with van der Waals surface area (Å²) in [4.78, 5) is 22.9. The molecule has 0 spiro atoms. The molecule has 1 atom stereocenters. The van der Waals surface area contributed by atoms with Crippen LogP contribution in [0, 0.1) is 11.3 Å². The fraction of sp³-hybridized carbons (Fsp3) is 0.667. The van der Waals surface area contributed by atoms with Crippen LogP contribution >= 0.6 is 0 Å². The van der Waals surface area contributed by atoms with Gasteiger partial charge in [-0.2, -0.15) is 0 Å². The molecule has 4 heteroatoms. The molecule has 0 aromatic carbocycles. The van der Waals surface area contributed by atoms with Crippen LogP contribution in [0.4, 0.5) is 0 Å². The fourth-order valence-corrected chi connectivity index (χ4v) is 1.74. The minimum atomic E-state index is -0.980. The molecule has 90 valence electrons. The van der Waals surface area contributed by atoms with Gasteiger partial charge in [-0.15, -0.1) is 0 Å². The van der Waals surface area contributed by atoms with E-state index in [0.717, 1.165) is 0 Å². The molecule has 1 amide bonds. The van der Waals surface area contributed by atoms with Crippen molar-refractivity contribution in [3.63, 3.8) is 0 Å². The standard InChI is InChI=1S/C12H19NO3/c1-12(2,3)9(11(15)16)13-10(14)8-6-4-5-7-8/h4-5,8-9H,6-7H2,1-3H3,(H,13,14)(H,15,16)/t9-/m0/s1. The number of hydrogen-bond donors (Lipinski definition) is 2. The van der Waals surface area contributed by atoms with E-state index in [1.54, 1.807) is 20.8 Å². The predicted octanol–water partition coefficient (Wildman–Crippen LogP) is 1.57. The third-order valence-electron chi connectivity index (χ3n) is 2.78. The molecule has 1 aliphatic carbocycles. The van der Waals surface area contributed by atoms with Gasteiger partial charge in [0.05, 0.1) is 0 Å². The number of carbonyl (C=O) groups excluding carboxylic acids is 1. The summed E-state index contributed by atoms with van der Waals surface area (Å²) >= 11 is 0. The molecule has 0 fully saturated rings. The second-order valence-electron chi connectivity index (χ2n) is 5.29. The Morgan fingerprint density at radius 2 is 1.81 bits per heavy atom. The highest BCUT2D eigenvalue weighted by Gasteiger charge is 2.34. The maximum absolute atomic E-state index is 11.8. The number of amides is 1. The van der Waals surface area contributed by atoms with Gasteiger partial charge in [0, 0.05) is 5.92 Å². The number of rotatable bonds is 3. The van der Waals surface area contributed by atoms with Crippen molar-refractivity contribution in [2.75, 3.05) is 0 Å². The summed E-state index contributed by atoms with van der Waals surface area (Å²) in [6, 6.07) is -0.833. The highest BCUT2D eigenvalue weighted by atomic mass is 16.4. The summed E-state index contributed by atoms with van der Waals surface area (Å²) in [5, 5.41) is 11.7. The highest BCUT2D eigenvalue weighted by molar-refractivity contribution is 5.85. The maximum atomic E-state index is 11.8. The lowest BCUT2D eigenvalue weighted by Gasteiger charge is -2.28. The van der Waals surface area contributed by atoms with E-state index < -0.39 is 17.4 Å². The summed E-state index contributed by atoms with van der Waals surface area (Å²) in [6.45, 7) is 5.41. The van der Waals surface area contributed by atoms with Crippen molar-refractivity contribution >= 4 is 11.9 Å². The van der Waals surface area contributed by atoms with Crippen LogP contribution in [0.1, 0.15) is 33.6 Å². The molecule has 0 aromatic heterocycles. The number of carboxylic acid groups (broad SMARTS) is 1. The van der Waals surface area contributed by atoms with Crippen molar-refractivity contribution in [3.8, 4) is 0 Å². The van der Waals surface area contributed by atoms with Crippen LogP contribution in [0.2, 0.25) is 0 Å². The van der Waals surface area contributed by atoms with Gasteiger partial charge in [0.25, 0.3) is 0 Å². The Kier molecular flexibility index (Phi) is 3.73. The second kappa shape index (κ2) is 4.68. The molecule has 0 aliphatic heterocycles. The average Bonchev–Trinajstić information content (AvgIpc) is 2.63. The molecule has 0 saturated carbocycles. The predicted molar refractivity (Wildman–Crippen MR) is 60.9 cm³/mol. The van der Waals surface area contributed by atoms with Gasteiger partial charge < -0.3 is 10.4 Å². The number of nitrogens with one attached hydrogen (secondary N) is 1. The van der Waals surface area contributed by atoms with Gasteiger partial charge in [-0.05, 0) is 18.3 Å². The van der Waals surface area contributed by atoms with E-state index in [0.29, 0.717) is 12.8 Å². The smallest absolute Gasteiger partial charge is 0.326 e. The van der Waals surface area contributed by atoms with Crippen LogP contribution in [0.3, 0.4) is 0 Å². The third kappa shape index (κ3) is 3.08. The summed E-state index contributed by atoms with van der Waals surface area (Å²) in [7, 11) is 0. The first kappa shape index (κ1) is 12.7. The quantitative estimate of drug-likeness (QED) is 0.716. The van der Waals surface area contributed by atoms with E-state index in [1.165, 1.54) is 0 Å². The Labute approximate surface area is 95.7 Å². The molecule has 1 rings (SSSR count). The zero-order chi connectivity index (χ0) is 12.3. The van der Waals surface area contributed by atoms with Gasteiger partial charge in [-0.25, -0.2) is 4.79 Å². The number of carbonyl (C=O) groups is 2. The zero-order valence-electron chi connectivity index (χ0n) is 9.99. The largest absolute Gasteiger partial charge is 0.480 e. The van der Waals surface area contributed by atoms with Crippen LogP contribution in [0.25, 0.3) is 0 Å². The van der Waals surface area contributed by atoms with Crippen molar-refractivity contribution in [3.05, 3.63) is 12.2 Å². The van der Waals surface area contributed by atoms with Gasteiger partial charge >= 0.3 is 5.97 Å². The number of aliphatic carboxylic acids is 1. The Bertz CT molecular complexity index is 307. The molecule has 0 saturated heterocycles. The lowest BCUT2D eigenvalue weighted by Crippen LogP contribution is -2.50. The van der Waals surface area contributed by atoms with Crippen LogP contribution in [-0.2, 0) is 9.59 Å². The SMILES string of the molecule is CC(C)(C)[C@@H](NC(=O)C1CC=CC1)C(=O)O. The normalized spacial score (nSPS) is 18.4. The number of allylic oxidation sites excluding steroid dienone is 2. The Morgan fingerprint density at radius 3 is 2.19 bits per heavy atom. The second-order valence-corrected chi connectivity index (χ2v) is 5.29. The van der Waals surface area contributed by atoms with Gasteiger partial charge in [0.15, 0.2) is 0 Å². The Balaban J connectivity index is 2.62. The van der Waals surface area contributed by atoms with Crippen LogP contribution < -0.4 is 5.32 Å². The molecule has 2 N–H and O–H groups in total. The number of hydrogen-bond acceptors (Lipinski definition) is 2. The summed E-state index contributed by atoms with van der Waals surface area (Å²) in [5.41, 5.74) is -0.479. The first-order valence-corrected chi connectivity index (χ1v) is 5.50. The summed E-state index contributed by atoms with van der Waals surface area (Å²) in [6.07, 6.45) is 5.33. The van der Waals surface area contributed by atoms with E-state index in [9.17, 15) is 9.59 Å². The van der Waals surface area contributed by atoms with Gasteiger partial charge in [0.1, 0.15) is 6.04 Å². The molecule has 0 aromatic rings. The monoisotopic (exact) mass is 225 g/mol. The van der Waals surface area contributed by atoms with Crippen LogP contribution in [0.15, 0.2) is 12.2 Å². The topological polar surface area (TPSA) is 66.4 Å². The van der Waals surface area contributed by atoms with Crippen molar-refractivity contribution in [1.82, 2.24) is 5.32 Å². The highest BCUT2D eigenvalue weighted by Crippen LogP contribution is 2.22. The first-order chi connectivity index (χ1) is 7.32. The molecule has 0 radical (unpaired) electrons. The molecular formula is C12H19NO3. The first-order valence-electron chi connectivity index (χ1n) is 5.50. The van der Waals surface area contributed by atoms with Crippen LogP contribution in [-0.4, -0.2) is 23.0 Å². The summed E-state index contributed by atoms with van der Waals surface area (Å²) in [5.74, 6) is -1.23. The summed E-state index contributed by atoms with van der Waals surface area (Å²) < 4.78 is 0. The van der Waals surface area contributed by atoms with Crippen molar-refractivity contribution in [1.29, 1.82) is 0 Å². The third-order valence-corrected chi connectivity index (χ3v) is 2.78. The van der Waals surface area contributed by atoms with Gasteiger partial charge in [-0.3, -0.25) is 4.79 Å². The van der Waals surface area contributed by atoms with Crippen molar-refractivity contribution in [2.45, 2.75) is 39.7 Å². The Hall–Kier alpha value is -1.32. The average molecular weight is 225 g/mol. The lowest BCUT2D eigenvalue weighted by molar-refractivity contribution is -0.145. The van der Waals surface area contributed by atoms with E-state index in [-0.39, 0.29) is 11.8 Å².